The zero-order chi connectivity index (χ0) is 16.3. The molecule has 1 aliphatic heterocycles. The van der Waals surface area contributed by atoms with Gasteiger partial charge in [0.2, 0.25) is 5.91 Å². The van der Waals surface area contributed by atoms with Crippen molar-refractivity contribution < 1.29 is 18.9 Å². The number of halogens is 1. The van der Waals surface area contributed by atoms with Crippen LogP contribution in [0.15, 0.2) is 18.2 Å². The number of nitrogens with one attached hydrogen (secondary N) is 1. The van der Waals surface area contributed by atoms with Crippen molar-refractivity contribution in [2.45, 2.75) is 25.8 Å². The fourth-order valence-corrected chi connectivity index (χ4v) is 2.42. The summed E-state index contributed by atoms with van der Waals surface area (Å²) in [4.78, 5) is 35.4. The molecule has 1 unspecified atom stereocenters. The smallest absolute Gasteiger partial charge is 0.282 e. The van der Waals surface area contributed by atoms with E-state index in [1.165, 1.54) is 0 Å². The van der Waals surface area contributed by atoms with E-state index in [0.29, 0.717) is 19.5 Å². The van der Waals surface area contributed by atoms with Gasteiger partial charge in [-0.3, -0.25) is 19.7 Å². The number of carbonyl (C=O) groups excluding carboxylic acids is 2. The van der Waals surface area contributed by atoms with Gasteiger partial charge in [0.15, 0.2) is 0 Å². The van der Waals surface area contributed by atoms with Crippen LogP contribution in [-0.2, 0) is 4.79 Å². The third-order valence-electron chi connectivity index (χ3n) is 3.44. The maximum atomic E-state index is 13.2. The molecule has 1 aromatic rings. The lowest BCUT2D eigenvalue weighted by molar-refractivity contribution is -0.385. The minimum absolute atomic E-state index is 0.0258. The van der Waals surface area contributed by atoms with Gasteiger partial charge in [0.1, 0.15) is 11.4 Å². The summed E-state index contributed by atoms with van der Waals surface area (Å²) in [6, 6.07) is 2.33. The quantitative estimate of drug-likeness (QED) is 0.658. The molecular formula is C14H16FN3O4. The van der Waals surface area contributed by atoms with Crippen LogP contribution in [0.4, 0.5) is 10.1 Å². The summed E-state index contributed by atoms with van der Waals surface area (Å²) >= 11 is 0. The first-order valence-electron chi connectivity index (χ1n) is 6.91. The second-order valence-corrected chi connectivity index (χ2v) is 5.24. The Morgan fingerprint density at radius 3 is 2.86 bits per heavy atom. The van der Waals surface area contributed by atoms with Crippen molar-refractivity contribution in [2.75, 3.05) is 13.1 Å². The van der Waals surface area contributed by atoms with E-state index in [4.69, 9.17) is 0 Å². The standard InChI is InChI=1S/C14H16FN3O4/c1-9(8-17-6-2-3-13(17)19)16-14(20)11-7-10(15)4-5-12(11)18(21)22/h4-5,7,9H,2-3,6,8H2,1H3,(H,16,20). The number of nitro benzene ring substituents is 1. The number of likely N-dealkylation sites (tertiary alicyclic amines) is 1. The minimum atomic E-state index is -0.733. The molecule has 7 nitrogen and oxygen atoms in total. The molecule has 2 rings (SSSR count). The fraction of sp³-hybridized carbons (Fsp3) is 0.429. The first-order valence-corrected chi connectivity index (χ1v) is 6.91. The lowest BCUT2D eigenvalue weighted by Crippen LogP contribution is -2.42. The average molecular weight is 309 g/mol. The summed E-state index contributed by atoms with van der Waals surface area (Å²) in [6.45, 7) is 2.65. The SMILES string of the molecule is CC(CN1CCCC1=O)NC(=O)c1cc(F)ccc1[N+](=O)[O-]. The van der Waals surface area contributed by atoms with Gasteiger partial charge in [0, 0.05) is 31.6 Å². The average Bonchev–Trinajstić information content (AvgIpc) is 2.83. The van der Waals surface area contributed by atoms with Crippen molar-refractivity contribution in [3.63, 3.8) is 0 Å². The van der Waals surface area contributed by atoms with Crippen molar-refractivity contribution >= 4 is 17.5 Å². The second-order valence-electron chi connectivity index (χ2n) is 5.24. The molecule has 1 aliphatic rings. The molecule has 2 amide bonds. The van der Waals surface area contributed by atoms with Gasteiger partial charge in [0.25, 0.3) is 11.6 Å². The molecule has 1 N–H and O–H groups in total. The lowest BCUT2D eigenvalue weighted by Gasteiger charge is -2.21. The number of amides is 2. The highest BCUT2D eigenvalue weighted by molar-refractivity contribution is 5.98. The third kappa shape index (κ3) is 3.57. The molecule has 0 aromatic heterocycles. The summed E-state index contributed by atoms with van der Waals surface area (Å²) in [7, 11) is 0. The topological polar surface area (TPSA) is 92.6 Å². The van der Waals surface area contributed by atoms with Crippen LogP contribution in [0.2, 0.25) is 0 Å². The van der Waals surface area contributed by atoms with Gasteiger partial charge in [-0.25, -0.2) is 4.39 Å². The molecule has 0 bridgehead atoms. The van der Waals surface area contributed by atoms with Gasteiger partial charge in [0.05, 0.1) is 4.92 Å². The zero-order valence-electron chi connectivity index (χ0n) is 12.0. The van der Waals surface area contributed by atoms with Crippen molar-refractivity contribution in [3.8, 4) is 0 Å². The Morgan fingerprint density at radius 2 is 2.27 bits per heavy atom. The number of hydrogen-bond acceptors (Lipinski definition) is 4. The Kier molecular flexibility index (Phi) is 4.69. The van der Waals surface area contributed by atoms with Crippen LogP contribution in [0, 0.1) is 15.9 Å². The predicted molar refractivity (Wildman–Crippen MR) is 75.8 cm³/mol. The predicted octanol–water partition coefficient (Wildman–Crippen LogP) is 1.47. The number of hydrogen-bond donors (Lipinski definition) is 1. The van der Waals surface area contributed by atoms with Crippen molar-refractivity contribution in [1.82, 2.24) is 10.2 Å². The molecule has 118 valence electrons. The molecule has 1 aromatic carbocycles. The zero-order valence-corrected chi connectivity index (χ0v) is 12.0. The van der Waals surface area contributed by atoms with Crippen LogP contribution in [0.5, 0.6) is 0 Å². The summed E-state index contributed by atoms with van der Waals surface area (Å²) in [6.07, 6.45) is 1.28. The van der Waals surface area contributed by atoms with Gasteiger partial charge in [-0.2, -0.15) is 0 Å². The Labute approximate surface area is 126 Å². The van der Waals surface area contributed by atoms with E-state index in [0.717, 1.165) is 24.6 Å². The maximum absolute atomic E-state index is 13.2. The Balaban J connectivity index is 2.07. The normalized spacial score (nSPS) is 15.7. The first kappa shape index (κ1) is 15.9. The summed E-state index contributed by atoms with van der Waals surface area (Å²) in [5, 5.41) is 13.5. The van der Waals surface area contributed by atoms with E-state index in [1.807, 2.05) is 0 Å². The molecule has 1 heterocycles. The molecule has 22 heavy (non-hydrogen) atoms. The molecule has 0 spiro atoms. The van der Waals surface area contributed by atoms with Gasteiger partial charge in [-0.1, -0.05) is 0 Å². The fourth-order valence-electron chi connectivity index (χ4n) is 2.42. The molecule has 1 atom stereocenters. The molecule has 0 aliphatic carbocycles. The van der Waals surface area contributed by atoms with Crippen LogP contribution >= 0.6 is 0 Å². The number of nitro groups is 1. The number of rotatable bonds is 5. The van der Waals surface area contributed by atoms with E-state index in [1.54, 1.807) is 11.8 Å². The van der Waals surface area contributed by atoms with Crippen LogP contribution in [0.25, 0.3) is 0 Å². The number of nitrogens with zero attached hydrogens (tertiary/aromatic N) is 2. The molecular weight excluding hydrogens is 293 g/mol. The van der Waals surface area contributed by atoms with Crippen LogP contribution in [0.3, 0.4) is 0 Å². The van der Waals surface area contributed by atoms with Gasteiger partial charge < -0.3 is 10.2 Å². The third-order valence-corrected chi connectivity index (χ3v) is 3.44. The van der Waals surface area contributed by atoms with E-state index in [-0.39, 0.29) is 11.5 Å². The van der Waals surface area contributed by atoms with Crippen molar-refractivity contribution in [2.24, 2.45) is 0 Å². The van der Waals surface area contributed by atoms with E-state index in [2.05, 4.69) is 5.32 Å². The minimum Gasteiger partial charge on any atom is -0.348 e. The summed E-state index contributed by atoms with van der Waals surface area (Å²) in [5.41, 5.74) is -0.784. The molecule has 1 saturated heterocycles. The second kappa shape index (κ2) is 6.50. The van der Waals surface area contributed by atoms with E-state index < -0.39 is 28.4 Å². The van der Waals surface area contributed by atoms with Crippen LogP contribution in [-0.4, -0.2) is 40.8 Å². The van der Waals surface area contributed by atoms with E-state index >= 15 is 0 Å². The van der Waals surface area contributed by atoms with Crippen LogP contribution in [0.1, 0.15) is 30.1 Å². The highest BCUT2D eigenvalue weighted by atomic mass is 19.1. The molecule has 0 saturated carbocycles. The van der Waals surface area contributed by atoms with Gasteiger partial charge in [-0.15, -0.1) is 0 Å². The largest absolute Gasteiger partial charge is 0.348 e. The van der Waals surface area contributed by atoms with Crippen molar-refractivity contribution in [3.05, 3.63) is 39.7 Å². The Hall–Kier alpha value is -2.51. The summed E-state index contributed by atoms with van der Waals surface area (Å²) < 4.78 is 13.2. The van der Waals surface area contributed by atoms with Crippen molar-refractivity contribution in [1.29, 1.82) is 0 Å². The molecule has 0 radical (unpaired) electrons. The highest BCUT2D eigenvalue weighted by Gasteiger charge is 2.25. The lowest BCUT2D eigenvalue weighted by atomic mass is 10.1. The van der Waals surface area contributed by atoms with Crippen LogP contribution < -0.4 is 5.32 Å². The van der Waals surface area contributed by atoms with E-state index in [9.17, 15) is 24.1 Å². The highest BCUT2D eigenvalue weighted by Crippen LogP contribution is 2.19. The monoisotopic (exact) mass is 309 g/mol. The number of benzene rings is 1. The number of carbonyl (C=O) groups is 2. The maximum Gasteiger partial charge on any atom is 0.282 e. The molecule has 1 fully saturated rings. The first-order chi connectivity index (χ1) is 10.4. The van der Waals surface area contributed by atoms with Gasteiger partial charge in [-0.05, 0) is 25.5 Å². The Bertz CT molecular complexity index is 620. The summed E-state index contributed by atoms with van der Waals surface area (Å²) in [5.74, 6) is -1.43. The molecule has 8 heteroatoms. The van der Waals surface area contributed by atoms with Gasteiger partial charge >= 0.3 is 0 Å². The Morgan fingerprint density at radius 1 is 1.55 bits per heavy atom.